The van der Waals surface area contributed by atoms with E-state index in [9.17, 15) is 9.59 Å². The number of benzene rings is 2. The van der Waals surface area contributed by atoms with Crippen LogP contribution in [-0.2, 0) is 4.79 Å². The number of nitrogens with one attached hydrogen (secondary N) is 1. The second-order valence-corrected chi connectivity index (χ2v) is 6.79. The zero-order valence-corrected chi connectivity index (χ0v) is 14.7. The first-order valence-electron chi connectivity index (χ1n) is 8.36. The van der Waals surface area contributed by atoms with Gasteiger partial charge in [-0.15, -0.1) is 0 Å². The van der Waals surface area contributed by atoms with E-state index in [0.29, 0.717) is 11.3 Å². The second kappa shape index (κ2) is 6.59. The van der Waals surface area contributed by atoms with Crippen molar-refractivity contribution in [2.24, 2.45) is 11.7 Å². The van der Waals surface area contributed by atoms with Crippen LogP contribution in [-0.4, -0.2) is 25.9 Å². The number of carbonyl (C=O) groups is 2. The molecule has 2 amide bonds. The van der Waals surface area contributed by atoms with Crippen molar-refractivity contribution in [1.29, 1.82) is 0 Å². The maximum Gasteiger partial charge on any atom is 0.248 e. The molecule has 2 atom stereocenters. The minimum absolute atomic E-state index is 0.0158. The molecule has 2 aromatic rings. The number of nitrogens with zero attached hydrogens (tertiary/aromatic N) is 1. The van der Waals surface area contributed by atoms with Crippen LogP contribution in [0.3, 0.4) is 0 Å². The van der Waals surface area contributed by atoms with Crippen LogP contribution in [0.5, 0.6) is 0 Å². The highest BCUT2D eigenvalue weighted by Gasteiger charge is 2.44. The number of nitrogens with two attached hydrogens (primary N) is 1. The van der Waals surface area contributed by atoms with Crippen LogP contribution < -0.4 is 16.0 Å². The number of rotatable bonds is 5. The highest BCUT2D eigenvalue weighted by atomic mass is 16.2. The molecule has 2 aromatic carbocycles. The van der Waals surface area contributed by atoms with Crippen molar-refractivity contribution in [3.8, 4) is 0 Å². The molecule has 0 unspecified atom stereocenters. The fourth-order valence-electron chi connectivity index (χ4n) is 3.24. The van der Waals surface area contributed by atoms with E-state index in [1.807, 2.05) is 31.1 Å². The summed E-state index contributed by atoms with van der Waals surface area (Å²) in [5.74, 6) is -0.292. The molecule has 1 fully saturated rings. The Kier molecular flexibility index (Phi) is 4.49. The van der Waals surface area contributed by atoms with Crippen molar-refractivity contribution in [2.75, 3.05) is 24.3 Å². The third-order valence-corrected chi connectivity index (χ3v) is 4.74. The highest BCUT2D eigenvalue weighted by molar-refractivity contribution is 6.01. The SMILES string of the molecule is Cc1ccccc1[C@H]1C[C@@H]1C(=O)Nc1cc(C(N)=O)ccc1N(C)C. The predicted octanol–water partition coefficient (Wildman–Crippen LogP) is 2.90. The Morgan fingerprint density at radius 3 is 2.52 bits per heavy atom. The van der Waals surface area contributed by atoms with E-state index in [1.165, 1.54) is 11.1 Å². The van der Waals surface area contributed by atoms with E-state index in [-0.39, 0.29) is 17.7 Å². The van der Waals surface area contributed by atoms with Crippen LogP contribution in [0.1, 0.15) is 33.8 Å². The van der Waals surface area contributed by atoms with E-state index >= 15 is 0 Å². The first-order chi connectivity index (χ1) is 11.9. The molecular formula is C20H23N3O2. The Bertz CT molecular complexity index is 829. The van der Waals surface area contributed by atoms with Gasteiger partial charge in [-0.25, -0.2) is 0 Å². The monoisotopic (exact) mass is 337 g/mol. The molecule has 0 aliphatic heterocycles. The Morgan fingerprint density at radius 1 is 1.16 bits per heavy atom. The third kappa shape index (κ3) is 3.50. The summed E-state index contributed by atoms with van der Waals surface area (Å²) in [6.45, 7) is 2.07. The zero-order valence-electron chi connectivity index (χ0n) is 14.7. The number of carbonyl (C=O) groups excluding carboxylic acids is 2. The largest absolute Gasteiger partial charge is 0.376 e. The summed E-state index contributed by atoms with van der Waals surface area (Å²) in [7, 11) is 3.78. The molecule has 1 aliphatic rings. The summed E-state index contributed by atoms with van der Waals surface area (Å²) in [6.07, 6.45) is 0.851. The lowest BCUT2D eigenvalue weighted by molar-refractivity contribution is -0.117. The summed E-state index contributed by atoms with van der Waals surface area (Å²) in [5, 5.41) is 2.98. The fraction of sp³-hybridized carbons (Fsp3) is 0.300. The average molecular weight is 337 g/mol. The van der Waals surface area contributed by atoms with Gasteiger partial charge in [-0.2, -0.15) is 0 Å². The normalized spacial score (nSPS) is 18.5. The minimum Gasteiger partial charge on any atom is -0.376 e. The summed E-state index contributed by atoms with van der Waals surface area (Å²) >= 11 is 0. The van der Waals surface area contributed by atoms with E-state index < -0.39 is 5.91 Å². The molecule has 5 heteroatoms. The van der Waals surface area contributed by atoms with Crippen LogP contribution >= 0.6 is 0 Å². The average Bonchev–Trinajstić information content (AvgIpc) is 3.35. The molecule has 0 bridgehead atoms. The number of aryl methyl sites for hydroxylation is 1. The number of primary amides is 1. The van der Waals surface area contributed by atoms with Crippen molar-refractivity contribution in [2.45, 2.75) is 19.3 Å². The number of amides is 2. The van der Waals surface area contributed by atoms with Gasteiger partial charge in [0.1, 0.15) is 0 Å². The molecule has 0 saturated heterocycles. The molecule has 1 saturated carbocycles. The molecule has 1 aliphatic carbocycles. The van der Waals surface area contributed by atoms with E-state index in [2.05, 4.69) is 24.4 Å². The topological polar surface area (TPSA) is 75.4 Å². The van der Waals surface area contributed by atoms with Gasteiger partial charge in [-0.3, -0.25) is 9.59 Å². The van der Waals surface area contributed by atoms with E-state index in [1.54, 1.807) is 18.2 Å². The number of anilines is 2. The van der Waals surface area contributed by atoms with Gasteiger partial charge in [0.15, 0.2) is 0 Å². The first-order valence-corrected chi connectivity index (χ1v) is 8.36. The molecule has 3 rings (SSSR count). The summed E-state index contributed by atoms with van der Waals surface area (Å²) in [4.78, 5) is 26.0. The van der Waals surface area contributed by atoms with Gasteiger partial charge in [0.05, 0.1) is 11.4 Å². The Hall–Kier alpha value is -2.82. The minimum atomic E-state index is -0.509. The van der Waals surface area contributed by atoms with E-state index in [4.69, 9.17) is 5.73 Å². The van der Waals surface area contributed by atoms with Crippen LogP contribution in [0.15, 0.2) is 42.5 Å². The molecule has 0 radical (unpaired) electrons. The quantitative estimate of drug-likeness (QED) is 0.881. The molecule has 25 heavy (non-hydrogen) atoms. The summed E-state index contributed by atoms with van der Waals surface area (Å²) in [6, 6.07) is 13.3. The van der Waals surface area contributed by atoms with Crippen molar-refractivity contribution in [3.05, 3.63) is 59.2 Å². The maximum absolute atomic E-state index is 12.7. The predicted molar refractivity (Wildman–Crippen MR) is 99.9 cm³/mol. The number of hydrogen-bond donors (Lipinski definition) is 2. The molecule has 0 heterocycles. The Morgan fingerprint density at radius 2 is 1.88 bits per heavy atom. The van der Waals surface area contributed by atoms with Crippen molar-refractivity contribution in [3.63, 3.8) is 0 Å². The Labute approximate surface area is 147 Å². The van der Waals surface area contributed by atoms with Crippen LogP contribution in [0.25, 0.3) is 0 Å². The molecule has 130 valence electrons. The fourth-order valence-corrected chi connectivity index (χ4v) is 3.24. The lowest BCUT2D eigenvalue weighted by Crippen LogP contribution is -2.20. The summed E-state index contributed by atoms with van der Waals surface area (Å²) < 4.78 is 0. The smallest absolute Gasteiger partial charge is 0.248 e. The summed E-state index contributed by atoms with van der Waals surface area (Å²) in [5.41, 5.74) is 9.65. The Balaban J connectivity index is 1.79. The van der Waals surface area contributed by atoms with Crippen molar-refractivity contribution >= 4 is 23.2 Å². The van der Waals surface area contributed by atoms with Crippen LogP contribution in [0.2, 0.25) is 0 Å². The van der Waals surface area contributed by atoms with Gasteiger partial charge >= 0.3 is 0 Å². The lowest BCUT2D eigenvalue weighted by Gasteiger charge is -2.18. The zero-order chi connectivity index (χ0) is 18.1. The maximum atomic E-state index is 12.7. The van der Waals surface area contributed by atoms with E-state index in [0.717, 1.165) is 12.1 Å². The van der Waals surface area contributed by atoms with Crippen molar-refractivity contribution in [1.82, 2.24) is 0 Å². The van der Waals surface area contributed by atoms with Crippen LogP contribution in [0, 0.1) is 12.8 Å². The lowest BCUT2D eigenvalue weighted by atomic mass is 10.0. The molecule has 3 N–H and O–H groups in total. The van der Waals surface area contributed by atoms with Gasteiger partial charge in [-0.05, 0) is 48.6 Å². The van der Waals surface area contributed by atoms with Gasteiger partial charge in [0, 0.05) is 25.6 Å². The molecule has 5 nitrogen and oxygen atoms in total. The standard InChI is InChI=1S/C20H23N3O2/c1-12-6-4-5-7-14(12)15-11-16(15)20(25)22-17-10-13(19(21)24)8-9-18(17)23(2)3/h4-10,15-16H,11H2,1-3H3,(H2,21,24)(H,22,25)/t15-,16+/m1/s1. The number of hydrogen-bond acceptors (Lipinski definition) is 3. The van der Waals surface area contributed by atoms with Gasteiger partial charge < -0.3 is 16.0 Å². The first kappa shape index (κ1) is 17.0. The molecular weight excluding hydrogens is 314 g/mol. The van der Waals surface area contributed by atoms with Gasteiger partial charge in [0.25, 0.3) is 0 Å². The highest BCUT2D eigenvalue weighted by Crippen LogP contribution is 2.49. The second-order valence-electron chi connectivity index (χ2n) is 6.79. The van der Waals surface area contributed by atoms with Crippen LogP contribution in [0.4, 0.5) is 11.4 Å². The van der Waals surface area contributed by atoms with Gasteiger partial charge in [-0.1, -0.05) is 24.3 Å². The molecule has 0 aromatic heterocycles. The molecule has 0 spiro atoms. The third-order valence-electron chi connectivity index (χ3n) is 4.74. The van der Waals surface area contributed by atoms with Gasteiger partial charge in [0.2, 0.25) is 11.8 Å². The van der Waals surface area contributed by atoms with Crippen molar-refractivity contribution < 1.29 is 9.59 Å².